The molecule has 0 saturated heterocycles. The minimum Gasteiger partial charge on any atom is -0.423 e. The van der Waals surface area contributed by atoms with E-state index in [2.05, 4.69) is 6.08 Å². The highest BCUT2D eigenvalue weighted by Crippen LogP contribution is 2.27. The number of hydrogen-bond acceptors (Lipinski definition) is 2. The second kappa shape index (κ2) is 3.36. The van der Waals surface area contributed by atoms with Gasteiger partial charge in [-0.05, 0) is 29.4 Å². The maximum Gasteiger partial charge on any atom is 0.488 e. The van der Waals surface area contributed by atoms with Crippen molar-refractivity contribution >= 4 is 18.2 Å². The molecule has 2 nitrogen and oxygen atoms in total. The maximum atomic E-state index is 8.87. The van der Waals surface area contributed by atoms with Crippen LogP contribution in [0.4, 0.5) is 0 Å². The average Bonchev–Trinajstić information content (AvgIpc) is 2.02. The number of rotatable bonds is 2. The van der Waals surface area contributed by atoms with Crippen LogP contribution in [-0.2, 0) is 0 Å². The van der Waals surface area contributed by atoms with Gasteiger partial charge in [-0.1, -0.05) is 30.3 Å². The molecule has 0 fully saturated rings. The van der Waals surface area contributed by atoms with Gasteiger partial charge in [-0.3, -0.25) is 0 Å². The van der Waals surface area contributed by atoms with E-state index in [4.69, 9.17) is 10.0 Å². The van der Waals surface area contributed by atoms with Gasteiger partial charge >= 0.3 is 7.12 Å². The summed E-state index contributed by atoms with van der Waals surface area (Å²) in [5.41, 5.74) is 3.10. The Morgan fingerprint density at radius 2 is 1.69 bits per heavy atom. The lowest BCUT2D eigenvalue weighted by Crippen LogP contribution is -2.29. The Bertz CT molecular complexity index is 327. The first-order valence-corrected chi connectivity index (χ1v) is 4.43. The van der Waals surface area contributed by atoms with Gasteiger partial charge in [0.1, 0.15) is 0 Å². The summed E-state index contributed by atoms with van der Waals surface area (Å²) in [5.74, 6) is 0. The van der Waals surface area contributed by atoms with Crippen molar-refractivity contribution in [1.82, 2.24) is 0 Å². The molecule has 1 aliphatic rings. The van der Waals surface area contributed by atoms with E-state index in [1.54, 1.807) is 12.1 Å². The monoisotopic (exact) mass is 174 g/mol. The molecule has 1 aromatic rings. The molecule has 13 heavy (non-hydrogen) atoms. The highest BCUT2D eigenvalue weighted by Gasteiger charge is 2.12. The SMILES string of the molecule is OB(O)c1ccc(C2=CCC2)cc1. The van der Waals surface area contributed by atoms with Crippen LogP contribution in [0.25, 0.3) is 5.57 Å². The Morgan fingerprint density at radius 1 is 1.08 bits per heavy atom. The van der Waals surface area contributed by atoms with Crippen LogP contribution in [0.15, 0.2) is 30.3 Å². The van der Waals surface area contributed by atoms with Crippen LogP contribution in [0.5, 0.6) is 0 Å². The van der Waals surface area contributed by atoms with Gasteiger partial charge in [-0.15, -0.1) is 0 Å². The molecule has 2 rings (SSSR count). The molecule has 0 atom stereocenters. The van der Waals surface area contributed by atoms with Crippen LogP contribution in [-0.4, -0.2) is 17.2 Å². The van der Waals surface area contributed by atoms with Crippen molar-refractivity contribution < 1.29 is 10.0 Å². The van der Waals surface area contributed by atoms with Gasteiger partial charge < -0.3 is 10.0 Å². The van der Waals surface area contributed by atoms with E-state index in [0.717, 1.165) is 6.42 Å². The lowest BCUT2D eigenvalue weighted by atomic mass is 9.79. The Kier molecular flexibility index (Phi) is 2.21. The topological polar surface area (TPSA) is 40.5 Å². The fraction of sp³-hybridized carbons (Fsp3) is 0.200. The van der Waals surface area contributed by atoms with E-state index >= 15 is 0 Å². The van der Waals surface area contributed by atoms with Crippen molar-refractivity contribution in [2.24, 2.45) is 0 Å². The molecular weight excluding hydrogens is 163 g/mol. The summed E-state index contributed by atoms with van der Waals surface area (Å²) in [6.45, 7) is 0. The standard InChI is InChI=1S/C10H11BO2/c12-11(13)10-6-4-9(5-7-10)8-2-1-3-8/h2,4-7,12-13H,1,3H2. The van der Waals surface area contributed by atoms with Gasteiger partial charge in [-0.25, -0.2) is 0 Å². The van der Waals surface area contributed by atoms with E-state index in [1.165, 1.54) is 17.6 Å². The highest BCUT2D eigenvalue weighted by molar-refractivity contribution is 6.58. The van der Waals surface area contributed by atoms with E-state index < -0.39 is 7.12 Å². The maximum absolute atomic E-state index is 8.87. The first kappa shape index (κ1) is 8.54. The third-order valence-electron chi connectivity index (χ3n) is 2.38. The van der Waals surface area contributed by atoms with Crippen LogP contribution in [0.3, 0.4) is 0 Å². The molecule has 0 heterocycles. The van der Waals surface area contributed by atoms with Crippen LogP contribution in [0.2, 0.25) is 0 Å². The lowest BCUT2D eigenvalue weighted by molar-refractivity contribution is 0.426. The summed E-state index contributed by atoms with van der Waals surface area (Å²) < 4.78 is 0. The third-order valence-corrected chi connectivity index (χ3v) is 2.38. The normalized spacial score (nSPS) is 14.8. The quantitative estimate of drug-likeness (QED) is 0.642. The Balaban J connectivity index is 2.23. The van der Waals surface area contributed by atoms with Gasteiger partial charge in [0.2, 0.25) is 0 Å². The molecule has 0 unspecified atom stereocenters. The molecule has 1 aliphatic carbocycles. The minimum absolute atomic E-state index is 0.545. The summed E-state index contributed by atoms with van der Waals surface area (Å²) in [6, 6.07) is 7.36. The zero-order chi connectivity index (χ0) is 9.26. The molecule has 0 amide bonds. The number of benzene rings is 1. The van der Waals surface area contributed by atoms with Gasteiger partial charge in [0.15, 0.2) is 0 Å². The molecule has 0 bridgehead atoms. The van der Waals surface area contributed by atoms with E-state index in [-0.39, 0.29) is 0 Å². The van der Waals surface area contributed by atoms with Crippen LogP contribution < -0.4 is 5.46 Å². The molecule has 1 aromatic carbocycles. The molecule has 0 spiro atoms. The van der Waals surface area contributed by atoms with Crippen molar-refractivity contribution in [3.05, 3.63) is 35.9 Å². The van der Waals surface area contributed by atoms with Gasteiger partial charge in [0.05, 0.1) is 0 Å². The zero-order valence-electron chi connectivity index (χ0n) is 7.27. The summed E-state index contributed by atoms with van der Waals surface area (Å²) in [4.78, 5) is 0. The van der Waals surface area contributed by atoms with Gasteiger partial charge in [0, 0.05) is 0 Å². The summed E-state index contributed by atoms with van der Waals surface area (Å²) in [6.07, 6.45) is 4.51. The highest BCUT2D eigenvalue weighted by atomic mass is 16.4. The second-order valence-electron chi connectivity index (χ2n) is 3.26. The molecule has 0 saturated carbocycles. The van der Waals surface area contributed by atoms with E-state index in [9.17, 15) is 0 Å². The summed E-state index contributed by atoms with van der Waals surface area (Å²) >= 11 is 0. The predicted octanol–water partition coefficient (Wildman–Crippen LogP) is 0.544. The smallest absolute Gasteiger partial charge is 0.423 e. The van der Waals surface area contributed by atoms with Crippen molar-refractivity contribution in [3.8, 4) is 0 Å². The lowest BCUT2D eigenvalue weighted by Gasteiger charge is -2.14. The third kappa shape index (κ3) is 1.66. The average molecular weight is 174 g/mol. The number of hydrogen-bond donors (Lipinski definition) is 2. The number of allylic oxidation sites excluding steroid dienone is 2. The molecule has 66 valence electrons. The van der Waals surface area contributed by atoms with E-state index in [0.29, 0.717) is 5.46 Å². The summed E-state index contributed by atoms with van der Waals surface area (Å²) in [7, 11) is -1.36. The minimum atomic E-state index is -1.36. The van der Waals surface area contributed by atoms with Crippen LogP contribution >= 0.6 is 0 Å². The fourth-order valence-electron chi connectivity index (χ4n) is 1.42. The van der Waals surface area contributed by atoms with Crippen molar-refractivity contribution in [3.63, 3.8) is 0 Å². The predicted molar refractivity (Wildman–Crippen MR) is 53.5 cm³/mol. The Morgan fingerprint density at radius 3 is 2.08 bits per heavy atom. The largest absolute Gasteiger partial charge is 0.488 e. The Labute approximate surface area is 77.7 Å². The Hall–Kier alpha value is -1.06. The molecular formula is C10H11BO2. The molecule has 3 heteroatoms. The molecule has 0 radical (unpaired) electrons. The van der Waals surface area contributed by atoms with E-state index in [1.807, 2.05) is 12.1 Å². The molecule has 2 N–H and O–H groups in total. The second-order valence-corrected chi connectivity index (χ2v) is 3.26. The van der Waals surface area contributed by atoms with Crippen LogP contribution in [0, 0.1) is 0 Å². The zero-order valence-corrected chi connectivity index (χ0v) is 7.27. The van der Waals surface area contributed by atoms with Crippen LogP contribution in [0.1, 0.15) is 18.4 Å². The van der Waals surface area contributed by atoms with Gasteiger partial charge in [0.25, 0.3) is 0 Å². The van der Waals surface area contributed by atoms with Gasteiger partial charge in [-0.2, -0.15) is 0 Å². The summed E-state index contributed by atoms with van der Waals surface area (Å²) in [5, 5.41) is 17.7. The fourth-order valence-corrected chi connectivity index (χ4v) is 1.42. The van der Waals surface area contributed by atoms with Crippen molar-refractivity contribution in [2.75, 3.05) is 0 Å². The first-order chi connectivity index (χ1) is 6.27. The first-order valence-electron chi connectivity index (χ1n) is 4.43. The molecule has 0 aromatic heterocycles. The molecule has 0 aliphatic heterocycles. The van der Waals surface area contributed by atoms with Crippen molar-refractivity contribution in [1.29, 1.82) is 0 Å². The van der Waals surface area contributed by atoms with Crippen molar-refractivity contribution in [2.45, 2.75) is 12.8 Å².